The molecule has 5 aromatic rings. The quantitative estimate of drug-likeness (QED) is 0.168. The molecule has 1 aliphatic rings. The fourth-order valence-electron chi connectivity index (χ4n) is 4.95. The number of nitrogens with one attached hydrogen (secondary N) is 2. The zero-order valence-electron chi connectivity index (χ0n) is 23.4. The summed E-state index contributed by atoms with van der Waals surface area (Å²) < 4.78 is 11.5. The van der Waals surface area contributed by atoms with Gasteiger partial charge in [0.15, 0.2) is 0 Å². The summed E-state index contributed by atoms with van der Waals surface area (Å²) in [5.41, 5.74) is 3.72. The number of halogens is 2. The van der Waals surface area contributed by atoms with E-state index in [1.54, 1.807) is 29.1 Å². The van der Waals surface area contributed by atoms with Crippen molar-refractivity contribution >= 4 is 45.5 Å². The Morgan fingerprint density at radius 3 is 2.55 bits per heavy atom. The van der Waals surface area contributed by atoms with Crippen molar-refractivity contribution in [3.8, 4) is 12.1 Å². The Labute approximate surface area is 254 Å². The average Bonchev–Trinajstić information content (AvgIpc) is 3.75. The maximum Gasteiger partial charge on any atom is 0.110 e. The van der Waals surface area contributed by atoms with Crippen LogP contribution in [-0.2, 0) is 0 Å². The second-order valence-electron chi connectivity index (χ2n) is 10.1. The third kappa shape index (κ3) is 5.73. The number of aromatic nitrogens is 4. The number of nitriles is 2. The van der Waals surface area contributed by atoms with E-state index in [4.69, 9.17) is 23.2 Å². The number of hydrogen-bond donors (Lipinski definition) is 2. The molecule has 0 radical (unpaired) electrons. The van der Waals surface area contributed by atoms with Gasteiger partial charge in [-0.15, -0.1) is 5.10 Å². The summed E-state index contributed by atoms with van der Waals surface area (Å²) >= 11 is 13.4. The molecule has 8 nitrogen and oxygen atoms in total. The van der Waals surface area contributed by atoms with Crippen LogP contribution in [0.15, 0.2) is 79.1 Å². The van der Waals surface area contributed by atoms with Gasteiger partial charge < -0.3 is 10.6 Å². The lowest BCUT2D eigenvalue weighted by Crippen LogP contribution is -2.14. The van der Waals surface area contributed by atoms with E-state index in [0.29, 0.717) is 62.0 Å². The van der Waals surface area contributed by atoms with Crippen LogP contribution < -0.4 is 10.6 Å². The summed E-state index contributed by atoms with van der Waals surface area (Å²) in [5, 5.41) is 36.2. The van der Waals surface area contributed by atoms with Crippen molar-refractivity contribution in [2.45, 2.75) is 43.8 Å². The van der Waals surface area contributed by atoms with Crippen LogP contribution in [0.2, 0.25) is 10.0 Å². The number of benzene rings is 3. The highest BCUT2D eigenvalue weighted by atomic mass is 35.5. The highest BCUT2D eigenvalue weighted by Crippen LogP contribution is 2.39. The average molecular weight is 595 g/mol. The smallest absolute Gasteiger partial charge is 0.110 e. The molecule has 1 unspecified atom stereocenters. The van der Waals surface area contributed by atoms with Gasteiger partial charge in [0, 0.05) is 28.7 Å². The molecular weight excluding hydrogens is 567 g/mol. The Hall–Kier alpha value is -4.63. The van der Waals surface area contributed by atoms with Crippen molar-refractivity contribution in [1.82, 2.24) is 20.0 Å². The van der Waals surface area contributed by atoms with E-state index >= 15 is 0 Å². The maximum atomic E-state index is 10.0. The number of nitrogens with zero attached hydrogens (tertiary/aromatic N) is 6. The summed E-state index contributed by atoms with van der Waals surface area (Å²) in [7, 11) is 0. The van der Waals surface area contributed by atoms with Crippen LogP contribution in [0.5, 0.6) is 0 Å². The molecule has 0 amide bonds. The molecule has 0 aliphatic heterocycles. The van der Waals surface area contributed by atoms with Crippen molar-refractivity contribution in [2.75, 3.05) is 10.6 Å². The van der Waals surface area contributed by atoms with E-state index < -0.39 is 6.02 Å². The normalized spacial score (nSPS) is 15.2. The van der Waals surface area contributed by atoms with E-state index in [-0.39, 0.29) is 12.1 Å². The molecule has 6 rings (SSSR count). The van der Waals surface area contributed by atoms with Gasteiger partial charge in [-0.2, -0.15) is 10.5 Å². The molecule has 1 saturated carbocycles. The van der Waals surface area contributed by atoms with Crippen molar-refractivity contribution in [2.24, 2.45) is 0 Å². The zero-order chi connectivity index (χ0) is 30.0. The monoisotopic (exact) mass is 593 g/mol. The Bertz CT molecular complexity index is 1880. The predicted molar refractivity (Wildman–Crippen MR) is 164 cm³/mol. The fourth-order valence-corrected chi connectivity index (χ4v) is 5.45. The van der Waals surface area contributed by atoms with Crippen molar-refractivity contribution in [3.63, 3.8) is 0 Å². The van der Waals surface area contributed by atoms with Gasteiger partial charge >= 0.3 is 0 Å². The second kappa shape index (κ2) is 12.1. The minimum Gasteiger partial charge on any atom is -0.377 e. The zero-order valence-corrected chi connectivity index (χ0v) is 23.9. The van der Waals surface area contributed by atoms with Crippen LogP contribution in [0.3, 0.4) is 0 Å². The van der Waals surface area contributed by atoms with Crippen LogP contribution in [0.1, 0.15) is 67.5 Å². The van der Waals surface area contributed by atoms with E-state index in [1.165, 1.54) is 6.20 Å². The van der Waals surface area contributed by atoms with Gasteiger partial charge in [0.25, 0.3) is 0 Å². The lowest BCUT2D eigenvalue weighted by atomic mass is 10.00. The Balaban J connectivity index is 1.47. The molecule has 42 heavy (non-hydrogen) atoms. The molecule has 2 atom stereocenters. The van der Waals surface area contributed by atoms with Gasteiger partial charge in [-0.1, -0.05) is 76.9 Å². The van der Waals surface area contributed by atoms with Gasteiger partial charge in [-0.05, 0) is 48.6 Å². The summed E-state index contributed by atoms with van der Waals surface area (Å²) in [6.07, 6.45) is 6.17. The first-order valence-electron chi connectivity index (χ1n) is 14.1. The topological polar surface area (TPSA) is 115 Å². The molecular formula is C32H26Cl2N8. The van der Waals surface area contributed by atoms with Gasteiger partial charge in [0.05, 0.1) is 53.5 Å². The number of pyridine rings is 1. The van der Waals surface area contributed by atoms with Crippen molar-refractivity contribution in [1.29, 1.82) is 10.5 Å². The van der Waals surface area contributed by atoms with Gasteiger partial charge in [-0.25, -0.2) is 4.68 Å². The van der Waals surface area contributed by atoms with E-state index in [0.717, 1.165) is 18.4 Å². The number of hydrogen-bond acceptors (Lipinski definition) is 7. The standard InChI is InChI=1S/C32H26Cl2N8/c33-26-10-5-4-9-24(26)32(29-19-42(41-40-29)23-12-13-23)38-22-15-25-30(21(17-36)18-37-31(25)27(34)16-22)39-28(11-6-14-35)20-7-2-1-3-8-20/h1-5,7-10,15-16,18-19,23,28,32,38H,6,11-13H2,(H,37,39)/t28?,32-/m1/s1/i32D. The van der Waals surface area contributed by atoms with Crippen molar-refractivity contribution < 1.29 is 1.37 Å². The number of rotatable bonds is 10. The lowest BCUT2D eigenvalue weighted by molar-refractivity contribution is 0.610. The number of anilines is 2. The van der Waals surface area contributed by atoms with Gasteiger partial charge in [-0.3, -0.25) is 4.98 Å². The summed E-state index contributed by atoms with van der Waals surface area (Å²) in [4.78, 5) is 4.48. The lowest BCUT2D eigenvalue weighted by Gasteiger charge is -2.23. The first kappa shape index (κ1) is 26.3. The van der Waals surface area contributed by atoms with Crippen LogP contribution in [0.4, 0.5) is 11.4 Å². The first-order valence-corrected chi connectivity index (χ1v) is 14.3. The second-order valence-corrected chi connectivity index (χ2v) is 10.9. The van der Waals surface area contributed by atoms with E-state index in [1.807, 2.05) is 48.5 Å². The molecule has 0 bridgehead atoms. The molecule has 1 aliphatic carbocycles. The Morgan fingerprint density at radius 2 is 1.81 bits per heavy atom. The summed E-state index contributed by atoms with van der Waals surface area (Å²) in [6.45, 7) is 0. The molecule has 0 saturated heterocycles. The molecule has 1 fully saturated rings. The van der Waals surface area contributed by atoms with Crippen LogP contribution in [-0.4, -0.2) is 20.0 Å². The highest BCUT2D eigenvalue weighted by molar-refractivity contribution is 6.36. The predicted octanol–water partition coefficient (Wildman–Crippen LogP) is 8.00. The van der Waals surface area contributed by atoms with Gasteiger partial charge in [0.2, 0.25) is 0 Å². The fraction of sp³-hybridized carbons (Fsp3) is 0.219. The van der Waals surface area contributed by atoms with E-state index in [2.05, 4.69) is 38.1 Å². The number of fused-ring (bicyclic) bond motifs is 1. The molecule has 2 N–H and O–H groups in total. The third-order valence-electron chi connectivity index (χ3n) is 7.21. The largest absolute Gasteiger partial charge is 0.377 e. The third-order valence-corrected chi connectivity index (χ3v) is 7.83. The van der Waals surface area contributed by atoms with Crippen LogP contribution >= 0.6 is 23.2 Å². The molecule has 0 spiro atoms. The minimum absolute atomic E-state index is 0.246. The van der Waals surface area contributed by atoms with Crippen LogP contribution in [0.25, 0.3) is 10.9 Å². The van der Waals surface area contributed by atoms with Crippen LogP contribution in [0, 0.1) is 22.7 Å². The Kier molecular flexibility index (Phi) is 7.56. The molecule has 3 aromatic carbocycles. The minimum atomic E-state index is -1.62. The summed E-state index contributed by atoms with van der Waals surface area (Å²) in [6, 6.07) is 23.3. The molecule has 10 heteroatoms. The highest BCUT2D eigenvalue weighted by Gasteiger charge is 2.28. The molecule has 208 valence electrons. The SMILES string of the molecule is [2H][C@](Nc1cc(Cl)c2ncc(C#N)c(NC(CCC#N)c3ccccc3)c2c1)(c1cn(C2CC2)nn1)c1ccccc1Cl. The maximum absolute atomic E-state index is 10.0. The summed E-state index contributed by atoms with van der Waals surface area (Å²) in [5.74, 6) is 0. The van der Waals surface area contributed by atoms with Gasteiger partial charge in [0.1, 0.15) is 11.8 Å². The van der Waals surface area contributed by atoms with E-state index in [9.17, 15) is 11.9 Å². The molecule has 2 aromatic heterocycles. The van der Waals surface area contributed by atoms with Crippen molar-refractivity contribution in [3.05, 3.63) is 112 Å². The Morgan fingerprint density at radius 1 is 1.02 bits per heavy atom. The molecule has 2 heterocycles. The first-order chi connectivity index (χ1) is 20.9.